The van der Waals surface area contributed by atoms with Crippen LogP contribution in [0.3, 0.4) is 0 Å². The molecule has 0 aliphatic carbocycles. The third-order valence-electron chi connectivity index (χ3n) is 7.77. The molecule has 0 heterocycles. The van der Waals surface area contributed by atoms with E-state index in [0.29, 0.717) is 17.2 Å². The number of carbonyl (C=O) groups is 4. The van der Waals surface area contributed by atoms with Gasteiger partial charge in [-0.1, -0.05) is 48.5 Å². The molecule has 4 aromatic carbocycles. The van der Waals surface area contributed by atoms with Crippen molar-refractivity contribution in [1.29, 1.82) is 0 Å². The first kappa shape index (κ1) is 38.3. The van der Waals surface area contributed by atoms with Crippen LogP contribution in [0.25, 0.3) is 0 Å². The Balaban J connectivity index is 1.74. The predicted octanol–water partition coefficient (Wildman–Crippen LogP) is 6.53. The Labute approximate surface area is 295 Å². The van der Waals surface area contributed by atoms with Crippen molar-refractivity contribution in [3.63, 3.8) is 0 Å². The van der Waals surface area contributed by atoms with Crippen LogP contribution in [0, 0.1) is 11.6 Å². The van der Waals surface area contributed by atoms with E-state index >= 15 is 0 Å². The Bertz CT molecular complexity index is 1850. The Morgan fingerprint density at radius 1 is 0.784 bits per heavy atom. The van der Waals surface area contributed by atoms with Gasteiger partial charge < -0.3 is 30.1 Å². The number of halogens is 2. The number of aliphatic hydroxyl groups excluding tert-OH is 1. The number of nitrogens with one attached hydrogen (secondary N) is 2. The van der Waals surface area contributed by atoms with E-state index in [4.69, 9.17) is 9.47 Å². The Morgan fingerprint density at radius 2 is 1.37 bits per heavy atom. The molecule has 0 aromatic heterocycles. The molecule has 0 aliphatic rings. The van der Waals surface area contributed by atoms with Crippen molar-refractivity contribution in [2.75, 3.05) is 19.0 Å². The normalized spacial score (nSPS) is 13.0. The first-order valence-corrected chi connectivity index (χ1v) is 16.1. The maximum atomic E-state index is 14.4. The van der Waals surface area contributed by atoms with Crippen molar-refractivity contribution in [1.82, 2.24) is 10.2 Å². The van der Waals surface area contributed by atoms with E-state index in [1.165, 1.54) is 37.1 Å². The van der Waals surface area contributed by atoms with E-state index in [1.54, 1.807) is 81.4 Å². The number of hydrogen-bond acceptors (Lipinski definition) is 7. The van der Waals surface area contributed by atoms with Crippen molar-refractivity contribution in [2.45, 2.75) is 58.1 Å². The number of ether oxygens (including phenoxy) is 2. The molecule has 0 saturated carbocycles. The van der Waals surface area contributed by atoms with E-state index in [2.05, 4.69) is 10.6 Å². The second-order valence-corrected chi connectivity index (χ2v) is 13.0. The number of ketones is 1. The van der Waals surface area contributed by atoms with Gasteiger partial charge in [-0.15, -0.1) is 0 Å². The van der Waals surface area contributed by atoms with Gasteiger partial charge in [0.25, 0.3) is 11.8 Å². The van der Waals surface area contributed by atoms with Gasteiger partial charge in [-0.3, -0.25) is 14.4 Å². The molecule has 10 nitrogen and oxygen atoms in total. The van der Waals surface area contributed by atoms with Crippen molar-refractivity contribution < 1.29 is 42.5 Å². The van der Waals surface area contributed by atoms with Crippen LogP contribution in [0.4, 0.5) is 19.3 Å². The molecule has 0 fully saturated rings. The van der Waals surface area contributed by atoms with Gasteiger partial charge >= 0.3 is 6.09 Å². The number of Topliss-reactive ketones (excluding diaryl/α,β-unsaturated/α-hetero) is 1. The molecule has 0 aliphatic heterocycles. The summed E-state index contributed by atoms with van der Waals surface area (Å²) < 4.78 is 40.2. The molecule has 4 rings (SSSR count). The van der Waals surface area contributed by atoms with Gasteiger partial charge in [-0.2, -0.15) is 0 Å². The monoisotopic (exact) mass is 701 g/mol. The highest BCUT2D eigenvalue weighted by Crippen LogP contribution is 2.25. The van der Waals surface area contributed by atoms with Crippen molar-refractivity contribution in [3.8, 4) is 0 Å². The lowest BCUT2D eigenvalue weighted by Crippen LogP contribution is -2.62. The van der Waals surface area contributed by atoms with Gasteiger partial charge in [0, 0.05) is 48.5 Å². The van der Waals surface area contributed by atoms with E-state index in [-0.39, 0.29) is 28.9 Å². The number of hydrogen-bond donors (Lipinski definition) is 3. The molecular weight excluding hydrogens is 660 g/mol. The Morgan fingerprint density at radius 3 is 1.94 bits per heavy atom. The molecule has 0 saturated heterocycles. The van der Waals surface area contributed by atoms with E-state index in [1.807, 2.05) is 0 Å². The summed E-state index contributed by atoms with van der Waals surface area (Å²) in [6, 6.07) is 24.0. The number of aliphatic hydroxyl groups is 1. The van der Waals surface area contributed by atoms with Crippen molar-refractivity contribution in [2.24, 2.45) is 0 Å². The topological polar surface area (TPSA) is 134 Å². The molecule has 0 bridgehead atoms. The zero-order chi connectivity index (χ0) is 37.3. The average Bonchev–Trinajstić information content (AvgIpc) is 3.07. The summed E-state index contributed by atoms with van der Waals surface area (Å²) in [5.41, 5.74) is -1.79. The summed E-state index contributed by atoms with van der Waals surface area (Å²) in [4.78, 5) is 54.1. The highest BCUT2D eigenvalue weighted by atomic mass is 19.1. The predicted molar refractivity (Wildman–Crippen MR) is 187 cm³/mol. The number of carbonyl (C=O) groups excluding carboxylic acids is 4. The first-order valence-electron chi connectivity index (χ1n) is 16.1. The van der Waals surface area contributed by atoms with Crippen LogP contribution < -0.4 is 10.6 Å². The zero-order valence-corrected chi connectivity index (χ0v) is 29.0. The van der Waals surface area contributed by atoms with Crippen LogP contribution in [-0.4, -0.2) is 64.8 Å². The lowest BCUT2D eigenvalue weighted by molar-refractivity contribution is -0.125. The molecule has 4 aromatic rings. The standard InChI is InChI=1S/C39H41F2N3O7/c1-25(45)29-18-30(20-33(19-29)42-35(47)28-14-10-7-11-15-28)36(48)43-39(50-5,22-27-16-31(40)21-32(41)17-27)34(46)24-44(37(49)51-38(2,3)4)23-26-12-8-6-9-13-26/h6-21,34,46H,22-24H2,1-5H3,(H,42,47)(H,43,48)/t34-,39+/m1/s1. The number of anilines is 1. The molecule has 3 N–H and O–H groups in total. The average molecular weight is 702 g/mol. The molecular formula is C39H41F2N3O7. The second kappa shape index (κ2) is 16.5. The fraction of sp³-hybridized carbons (Fsp3) is 0.282. The van der Waals surface area contributed by atoms with Crippen LogP contribution in [0.1, 0.15) is 69.9 Å². The highest BCUT2D eigenvalue weighted by Gasteiger charge is 2.42. The molecule has 51 heavy (non-hydrogen) atoms. The molecule has 2 atom stereocenters. The van der Waals surface area contributed by atoms with Crippen LogP contribution in [-0.2, 0) is 22.4 Å². The largest absolute Gasteiger partial charge is 0.444 e. The Hall–Kier alpha value is -5.46. The zero-order valence-electron chi connectivity index (χ0n) is 29.0. The van der Waals surface area contributed by atoms with Gasteiger partial charge in [-0.05, 0) is 81.3 Å². The van der Waals surface area contributed by atoms with E-state index in [9.17, 15) is 33.1 Å². The number of amides is 3. The second-order valence-electron chi connectivity index (χ2n) is 13.0. The minimum atomic E-state index is -2.10. The van der Waals surface area contributed by atoms with Crippen LogP contribution >= 0.6 is 0 Å². The summed E-state index contributed by atoms with van der Waals surface area (Å²) in [5.74, 6) is -3.55. The number of rotatable bonds is 13. The maximum Gasteiger partial charge on any atom is 0.410 e. The summed E-state index contributed by atoms with van der Waals surface area (Å²) in [6.45, 7) is 5.89. The maximum absolute atomic E-state index is 14.4. The van der Waals surface area contributed by atoms with Crippen LogP contribution in [0.15, 0.2) is 97.1 Å². The summed E-state index contributed by atoms with van der Waals surface area (Å²) >= 11 is 0. The number of nitrogens with zero attached hydrogens (tertiary/aromatic N) is 1. The molecule has 3 amide bonds. The molecule has 12 heteroatoms. The minimum absolute atomic E-state index is 0.000274. The fourth-order valence-electron chi connectivity index (χ4n) is 5.30. The van der Waals surface area contributed by atoms with Gasteiger partial charge in [-0.25, -0.2) is 13.6 Å². The van der Waals surface area contributed by atoms with Gasteiger partial charge in [0.1, 0.15) is 23.3 Å². The Kier molecular flexibility index (Phi) is 12.4. The third-order valence-corrected chi connectivity index (χ3v) is 7.77. The number of benzene rings is 4. The van der Waals surface area contributed by atoms with Gasteiger partial charge in [0.2, 0.25) is 0 Å². The van der Waals surface area contributed by atoms with Crippen molar-refractivity contribution in [3.05, 3.63) is 137 Å². The lowest BCUT2D eigenvalue weighted by atomic mass is 9.94. The fourth-order valence-corrected chi connectivity index (χ4v) is 5.30. The van der Waals surface area contributed by atoms with E-state index in [0.717, 1.165) is 12.1 Å². The third kappa shape index (κ3) is 10.8. The summed E-state index contributed by atoms with van der Waals surface area (Å²) in [6.07, 6.45) is -2.95. The van der Waals surface area contributed by atoms with Crippen molar-refractivity contribution >= 4 is 29.4 Å². The summed E-state index contributed by atoms with van der Waals surface area (Å²) in [5, 5.41) is 17.3. The number of methoxy groups -OCH3 is 1. The molecule has 0 unspecified atom stereocenters. The lowest BCUT2D eigenvalue weighted by Gasteiger charge is -2.40. The van der Waals surface area contributed by atoms with Gasteiger partial charge in [0.05, 0.1) is 6.54 Å². The molecule has 268 valence electrons. The molecule has 0 radical (unpaired) electrons. The summed E-state index contributed by atoms with van der Waals surface area (Å²) in [7, 11) is 1.19. The first-order chi connectivity index (χ1) is 24.1. The highest BCUT2D eigenvalue weighted by molar-refractivity contribution is 6.07. The van der Waals surface area contributed by atoms with Gasteiger partial charge in [0.15, 0.2) is 11.5 Å². The van der Waals surface area contributed by atoms with Crippen LogP contribution in [0.2, 0.25) is 0 Å². The SMILES string of the molecule is CO[C@](Cc1cc(F)cc(F)c1)(NC(=O)c1cc(NC(=O)c2ccccc2)cc(C(C)=O)c1)[C@H](O)CN(Cc1ccccc1)C(=O)OC(C)(C)C. The van der Waals surface area contributed by atoms with Crippen LogP contribution in [0.5, 0.6) is 0 Å². The minimum Gasteiger partial charge on any atom is -0.444 e. The molecule has 0 spiro atoms. The quantitative estimate of drug-likeness (QED) is 0.107. The smallest absolute Gasteiger partial charge is 0.410 e. The van der Waals surface area contributed by atoms with E-state index < -0.39 is 65.7 Å².